The topological polar surface area (TPSA) is 39.2 Å². The third-order valence-corrected chi connectivity index (χ3v) is 8.77. The summed E-state index contributed by atoms with van der Waals surface area (Å²) in [7, 11) is 0. The number of hydrogen-bond acceptors (Lipinski definition) is 3. The lowest BCUT2D eigenvalue weighted by molar-refractivity contribution is -0.148. The second-order valence-electron chi connectivity index (χ2n) is 10.3. The number of carbonyl (C=O) groups is 1. The minimum atomic E-state index is -0.147. The first kappa shape index (κ1) is 19.8. The van der Waals surface area contributed by atoms with Crippen molar-refractivity contribution in [3.05, 3.63) is 59.0 Å². The molecule has 0 amide bonds. The van der Waals surface area contributed by atoms with Crippen LogP contribution < -0.4 is 0 Å². The van der Waals surface area contributed by atoms with Crippen molar-refractivity contribution in [1.82, 2.24) is 4.98 Å². The van der Waals surface area contributed by atoms with Crippen molar-refractivity contribution in [3.8, 4) is 0 Å². The Morgan fingerprint density at radius 2 is 2.03 bits per heavy atom. The molecule has 2 saturated carbocycles. The molecule has 5 atom stereocenters. The molecule has 0 spiro atoms. The summed E-state index contributed by atoms with van der Waals surface area (Å²) in [6.07, 6.45) is 18.0. The first-order chi connectivity index (χ1) is 14.3. The van der Waals surface area contributed by atoms with Gasteiger partial charge >= 0.3 is 5.97 Å². The number of carbonyl (C=O) groups excluding carboxylic acids is 1. The summed E-state index contributed by atoms with van der Waals surface area (Å²) in [6.45, 7) is 8.67. The maximum Gasteiger partial charge on any atom is 0.302 e. The van der Waals surface area contributed by atoms with Crippen LogP contribution >= 0.6 is 0 Å². The summed E-state index contributed by atoms with van der Waals surface area (Å²) >= 11 is 0. The fourth-order valence-corrected chi connectivity index (χ4v) is 7.10. The van der Waals surface area contributed by atoms with Crippen LogP contribution in [0, 0.1) is 29.6 Å². The van der Waals surface area contributed by atoms with Gasteiger partial charge in [0.05, 0.1) is 0 Å². The van der Waals surface area contributed by atoms with E-state index in [1.54, 1.807) is 11.1 Å². The summed E-state index contributed by atoms with van der Waals surface area (Å²) in [6, 6.07) is 2.13. The van der Waals surface area contributed by atoms with Crippen molar-refractivity contribution >= 4 is 11.5 Å². The molecule has 3 nitrogen and oxygen atoms in total. The standard InChI is InChI=1S/C27H33NO2/c1-17-11-14-28-16-22(17)24-8-7-23-21-6-5-19-15-20(30-18(2)29)9-12-26(19,3)25(21)10-13-27(23,24)4/h5,7-8,11,14,16,20-21,25H,6,9-10,12-13,15H2,1-4H3/t20-,21-,25-,26-,27-/m0/s1. The molecular weight excluding hydrogens is 370 g/mol. The third-order valence-electron chi connectivity index (χ3n) is 8.77. The molecule has 0 bridgehead atoms. The highest BCUT2D eigenvalue weighted by Crippen LogP contribution is 2.65. The molecule has 0 unspecified atom stereocenters. The van der Waals surface area contributed by atoms with Crippen LogP contribution in [0.4, 0.5) is 0 Å². The van der Waals surface area contributed by atoms with Crippen LogP contribution in [0.15, 0.2) is 47.8 Å². The van der Waals surface area contributed by atoms with E-state index < -0.39 is 0 Å². The zero-order valence-electron chi connectivity index (χ0n) is 18.7. The van der Waals surface area contributed by atoms with Gasteiger partial charge < -0.3 is 4.74 Å². The van der Waals surface area contributed by atoms with Crippen molar-refractivity contribution in [2.75, 3.05) is 0 Å². The molecule has 30 heavy (non-hydrogen) atoms. The summed E-state index contributed by atoms with van der Waals surface area (Å²) in [4.78, 5) is 15.9. The first-order valence-electron chi connectivity index (χ1n) is 11.5. The van der Waals surface area contributed by atoms with Crippen LogP contribution in [-0.4, -0.2) is 17.1 Å². The van der Waals surface area contributed by atoms with E-state index >= 15 is 0 Å². The molecule has 2 fully saturated rings. The molecular formula is C27H33NO2. The Morgan fingerprint density at radius 1 is 1.20 bits per heavy atom. The maximum absolute atomic E-state index is 11.5. The number of nitrogens with zero attached hydrogens (tertiary/aromatic N) is 1. The van der Waals surface area contributed by atoms with Crippen LogP contribution in [0.3, 0.4) is 0 Å². The van der Waals surface area contributed by atoms with E-state index in [0.717, 1.165) is 25.7 Å². The van der Waals surface area contributed by atoms with Gasteiger partial charge in [0, 0.05) is 31.2 Å². The number of allylic oxidation sites excluding steroid dienone is 5. The van der Waals surface area contributed by atoms with Crippen LogP contribution in [0.25, 0.3) is 5.57 Å². The third kappa shape index (κ3) is 2.85. The molecule has 1 heterocycles. The summed E-state index contributed by atoms with van der Waals surface area (Å²) in [5.74, 6) is 1.16. The van der Waals surface area contributed by atoms with Crippen molar-refractivity contribution in [3.63, 3.8) is 0 Å². The molecule has 0 N–H and O–H groups in total. The highest BCUT2D eigenvalue weighted by molar-refractivity contribution is 5.79. The number of esters is 1. The molecule has 1 aromatic heterocycles. The van der Waals surface area contributed by atoms with E-state index in [1.165, 1.54) is 36.5 Å². The second kappa shape index (κ2) is 6.93. The lowest BCUT2D eigenvalue weighted by Crippen LogP contribution is -2.47. The molecule has 0 aromatic carbocycles. The minimum absolute atomic E-state index is 0.0692. The molecule has 0 aliphatic heterocycles. The lowest BCUT2D eigenvalue weighted by atomic mass is 9.49. The number of rotatable bonds is 2. The summed E-state index contributed by atoms with van der Waals surface area (Å²) < 4.78 is 5.58. The van der Waals surface area contributed by atoms with Gasteiger partial charge in [0.2, 0.25) is 0 Å². The number of aryl methyl sites for hydroxylation is 1. The van der Waals surface area contributed by atoms with Crippen LogP contribution in [0.2, 0.25) is 0 Å². The van der Waals surface area contributed by atoms with E-state index in [2.05, 4.69) is 50.0 Å². The zero-order chi connectivity index (χ0) is 21.1. The van der Waals surface area contributed by atoms with Gasteiger partial charge in [-0.1, -0.05) is 43.2 Å². The van der Waals surface area contributed by atoms with Crippen LogP contribution in [0.5, 0.6) is 0 Å². The Balaban J connectivity index is 1.43. The lowest BCUT2D eigenvalue weighted by Gasteiger charge is -2.56. The Hall–Kier alpha value is -2.16. The van der Waals surface area contributed by atoms with E-state index in [9.17, 15) is 4.79 Å². The number of ether oxygens (including phenoxy) is 1. The Kier molecular flexibility index (Phi) is 4.57. The highest BCUT2D eigenvalue weighted by atomic mass is 16.5. The van der Waals surface area contributed by atoms with Crippen LogP contribution in [0.1, 0.15) is 70.4 Å². The monoisotopic (exact) mass is 403 g/mol. The average Bonchev–Trinajstić information content (AvgIpc) is 3.05. The van der Waals surface area contributed by atoms with E-state index in [1.807, 2.05) is 12.4 Å². The number of fused-ring (bicyclic) bond motifs is 5. The molecule has 158 valence electrons. The number of pyridine rings is 1. The second-order valence-corrected chi connectivity index (χ2v) is 10.3. The predicted molar refractivity (Wildman–Crippen MR) is 120 cm³/mol. The molecule has 0 radical (unpaired) electrons. The van der Waals surface area contributed by atoms with Crippen LogP contribution in [-0.2, 0) is 9.53 Å². The molecule has 4 aliphatic rings. The Morgan fingerprint density at radius 3 is 2.80 bits per heavy atom. The predicted octanol–water partition coefficient (Wildman–Crippen LogP) is 6.20. The van der Waals surface area contributed by atoms with E-state index in [4.69, 9.17) is 4.74 Å². The van der Waals surface area contributed by atoms with Gasteiger partial charge in [-0.15, -0.1) is 0 Å². The van der Waals surface area contributed by atoms with Gasteiger partial charge in [0.15, 0.2) is 0 Å². The summed E-state index contributed by atoms with van der Waals surface area (Å²) in [5, 5.41) is 0. The van der Waals surface area contributed by atoms with Gasteiger partial charge in [-0.3, -0.25) is 9.78 Å². The molecule has 3 heteroatoms. The fourth-order valence-electron chi connectivity index (χ4n) is 7.10. The van der Waals surface area contributed by atoms with Gasteiger partial charge in [0.1, 0.15) is 6.10 Å². The number of aromatic nitrogens is 1. The van der Waals surface area contributed by atoms with E-state index in [0.29, 0.717) is 11.8 Å². The quantitative estimate of drug-likeness (QED) is 0.436. The maximum atomic E-state index is 11.5. The first-order valence-corrected chi connectivity index (χ1v) is 11.5. The van der Waals surface area contributed by atoms with Gasteiger partial charge in [-0.05, 0) is 79.0 Å². The average molecular weight is 404 g/mol. The molecule has 1 aromatic rings. The summed E-state index contributed by atoms with van der Waals surface area (Å²) in [5.41, 5.74) is 7.64. The number of hydrogen-bond donors (Lipinski definition) is 0. The minimum Gasteiger partial charge on any atom is -0.462 e. The van der Waals surface area contributed by atoms with Crippen molar-refractivity contribution in [1.29, 1.82) is 0 Å². The molecule has 0 saturated heterocycles. The van der Waals surface area contributed by atoms with Gasteiger partial charge in [-0.25, -0.2) is 0 Å². The van der Waals surface area contributed by atoms with Crippen molar-refractivity contribution in [2.24, 2.45) is 22.7 Å². The normalized spacial score (nSPS) is 37.2. The van der Waals surface area contributed by atoms with Crippen molar-refractivity contribution < 1.29 is 9.53 Å². The SMILES string of the molecule is CC(=O)O[C@H]1CC[C@@]2(C)C(=CC[C@H]3C4=CC=C(c5cnccc5C)[C@@]4(C)CC[C@@H]32)C1. The molecule has 4 aliphatic carbocycles. The zero-order valence-corrected chi connectivity index (χ0v) is 18.7. The van der Waals surface area contributed by atoms with Gasteiger partial charge in [0.25, 0.3) is 0 Å². The molecule has 5 rings (SSSR count). The fraction of sp³-hybridized carbons (Fsp3) is 0.556. The van der Waals surface area contributed by atoms with Gasteiger partial charge in [-0.2, -0.15) is 0 Å². The Bertz CT molecular complexity index is 986. The largest absolute Gasteiger partial charge is 0.462 e. The van der Waals surface area contributed by atoms with E-state index in [-0.39, 0.29) is 22.9 Å². The van der Waals surface area contributed by atoms with Crippen molar-refractivity contribution in [2.45, 2.75) is 72.3 Å². The Labute approximate surface area is 180 Å². The highest BCUT2D eigenvalue weighted by Gasteiger charge is 2.54. The smallest absolute Gasteiger partial charge is 0.302 e.